The first-order chi connectivity index (χ1) is 14.4. The number of aryl methyl sites for hydroxylation is 1. The molecule has 0 saturated heterocycles. The molecule has 1 aromatic carbocycles. The summed E-state index contributed by atoms with van der Waals surface area (Å²) in [7, 11) is 0. The van der Waals surface area contributed by atoms with Crippen LogP contribution in [0.2, 0.25) is 0 Å². The van der Waals surface area contributed by atoms with E-state index in [9.17, 15) is 30.7 Å². The van der Waals surface area contributed by atoms with E-state index in [0.29, 0.717) is 29.5 Å². The lowest BCUT2D eigenvalue weighted by atomic mass is 10.1. The highest BCUT2D eigenvalue weighted by Gasteiger charge is 2.36. The maximum absolute atomic E-state index is 14.0. The highest BCUT2D eigenvalue weighted by atomic mass is 19.4. The van der Waals surface area contributed by atoms with E-state index in [1.165, 1.54) is 12.3 Å². The summed E-state index contributed by atoms with van der Waals surface area (Å²) >= 11 is 0. The molecule has 0 N–H and O–H groups in total. The number of aromatic nitrogens is 4. The summed E-state index contributed by atoms with van der Waals surface area (Å²) in [6.45, 7) is 1.69. The zero-order valence-electron chi connectivity index (χ0n) is 15.6. The van der Waals surface area contributed by atoms with Crippen LogP contribution in [0.25, 0.3) is 28.2 Å². The second kappa shape index (κ2) is 7.03. The summed E-state index contributed by atoms with van der Waals surface area (Å²) in [6, 6.07) is 5.62. The summed E-state index contributed by atoms with van der Waals surface area (Å²) in [5.74, 6) is -1.61. The molecule has 0 aliphatic heterocycles. The summed E-state index contributed by atoms with van der Waals surface area (Å²) in [5, 5.41) is 0. The van der Waals surface area contributed by atoms with Gasteiger partial charge >= 0.3 is 12.4 Å². The summed E-state index contributed by atoms with van der Waals surface area (Å²) in [4.78, 5) is 12.2. The second-order valence-electron chi connectivity index (χ2n) is 6.69. The molecule has 0 fully saturated rings. The van der Waals surface area contributed by atoms with E-state index >= 15 is 0 Å². The topological polar surface area (TPSA) is 43.1 Å². The number of nitrogens with zero attached hydrogens (tertiary/aromatic N) is 4. The third kappa shape index (κ3) is 3.82. The highest BCUT2D eigenvalue weighted by molar-refractivity contribution is 5.76. The van der Waals surface area contributed by atoms with Crippen molar-refractivity contribution in [2.75, 3.05) is 0 Å². The molecule has 4 rings (SSSR count). The lowest BCUT2D eigenvalue weighted by molar-refractivity contribution is -0.142. The molecule has 0 saturated carbocycles. The predicted octanol–water partition coefficient (Wildman–Crippen LogP) is 5.94. The van der Waals surface area contributed by atoms with E-state index in [2.05, 4.69) is 15.0 Å². The Balaban J connectivity index is 1.97. The molecular formula is C20H11F7N4. The van der Waals surface area contributed by atoms with Crippen LogP contribution in [0.4, 0.5) is 30.7 Å². The largest absolute Gasteiger partial charge is 0.431 e. The molecule has 31 heavy (non-hydrogen) atoms. The van der Waals surface area contributed by atoms with Gasteiger partial charge in [0.15, 0.2) is 5.65 Å². The average Bonchev–Trinajstić information content (AvgIpc) is 3.09. The number of hydrogen-bond acceptors (Lipinski definition) is 3. The Bertz CT molecular complexity index is 1290. The van der Waals surface area contributed by atoms with Crippen LogP contribution in [0, 0.1) is 12.7 Å². The van der Waals surface area contributed by atoms with Crippen LogP contribution in [0.3, 0.4) is 0 Å². The first kappa shape index (κ1) is 20.8. The Morgan fingerprint density at radius 1 is 0.839 bits per heavy atom. The molecule has 0 amide bonds. The maximum Gasteiger partial charge on any atom is 0.431 e. The Labute approximate surface area is 170 Å². The first-order valence-electron chi connectivity index (χ1n) is 8.70. The van der Waals surface area contributed by atoms with Gasteiger partial charge in [-0.2, -0.15) is 26.3 Å². The van der Waals surface area contributed by atoms with Gasteiger partial charge in [0.05, 0.1) is 11.3 Å². The zero-order valence-corrected chi connectivity index (χ0v) is 15.6. The van der Waals surface area contributed by atoms with Crippen molar-refractivity contribution in [2.24, 2.45) is 0 Å². The molecule has 0 bridgehead atoms. The van der Waals surface area contributed by atoms with Crippen molar-refractivity contribution < 1.29 is 30.7 Å². The van der Waals surface area contributed by atoms with Gasteiger partial charge in [-0.15, -0.1) is 0 Å². The maximum atomic E-state index is 14.0. The standard InChI is InChI=1S/C20H11F7N4/c1-10-6-12(4-5-28-10)17-18-30-15(8-16(20(25,26)27)31(18)9-29-17)11-2-3-13(14(21)7-11)19(22,23)24/h2-9H,1H3. The molecule has 3 aromatic heterocycles. The minimum Gasteiger partial charge on any atom is -0.278 e. The van der Waals surface area contributed by atoms with Crippen molar-refractivity contribution in [3.63, 3.8) is 0 Å². The van der Waals surface area contributed by atoms with Crippen LogP contribution in [-0.4, -0.2) is 19.4 Å². The fourth-order valence-corrected chi connectivity index (χ4v) is 3.14. The lowest BCUT2D eigenvalue weighted by Gasteiger charge is -2.13. The van der Waals surface area contributed by atoms with Crippen LogP contribution in [0.1, 0.15) is 17.0 Å². The Hall–Kier alpha value is -3.50. The molecule has 0 unspecified atom stereocenters. The van der Waals surface area contributed by atoms with E-state index in [0.717, 1.165) is 16.8 Å². The van der Waals surface area contributed by atoms with Gasteiger partial charge in [-0.3, -0.25) is 9.38 Å². The van der Waals surface area contributed by atoms with Gasteiger partial charge in [-0.25, -0.2) is 14.4 Å². The van der Waals surface area contributed by atoms with Crippen molar-refractivity contribution >= 4 is 5.65 Å². The van der Waals surface area contributed by atoms with Gasteiger partial charge in [0.1, 0.15) is 23.5 Å². The fourth-order valence-electron chi connectivity index (χ4n) is 3.14. The quantitative estimate of drug-likeness (QED) is 0.362. The molecule has 4 nitrogen and oxygen atoms in total. The second-order valence-corrected chi connectivity index (χ2v) is 6.69. The molecule has 4 aromatic rings. The smallest absolute Gasteiger partial charge is 0.278 e. The van der Waals surface area contributed by atoms with Crippen molar-refractivity contribution in [1.29, 1.82) is 0 Å². The molecular weight excluding hydrogens is 429 g/mol. The number of alkyl halides is 6. The molecule has 160 valence electrons. The van der Waals surface area contributed by atoms with Crippen molar-refractivity contribution in [3.05, 3.63) is 71.7 Å². The molecule has 0 spiro atoms. The van der Waals surface area contributed by atoms with Crippen LogP contribution in [0.15, 0.2) is 48.9 Å². The minimum absolute atomic E-state index is 0.116. The number of rotatable bonds is 2. The van der Waals surface area contributed by atoms with Gasteiger partial charge in [-0.1, -0.05) is 6.07 Å². The van der Waals surface area contributed by atoms with E-state index in [4.69, 9.17) is 0 Å². The molecule has 0 radical (unpaired) electrons. The summed E-state index contributed by atoms with van der Waals surface area (Å²) in [5.41, 5.74) is -2.29. The Morgan fingerprint density at radius 2 is 1.58 bits per heavy atom. The zero-order chi connectivity index (χ0) is 22.6. The molecule has 11 heteroatoms. The number of benzene rings is 1. The average molecular weight is 440 g/mol. The number of halogens is 7. The third-order valence-electron chi connectivity index (χ3n) is 4.53. The van der Waals surface area contributed by atoms with E-state index in [1.54, 1.807) is 13.0 Å². The van der Waals surface area contributed by atoms with Crippen LogP contribution >= 0.6 is 0 Å². The third-order valence-corrected chi connectivity index (χ3v) is 4.53. The van der Waals surface area contributed by atoms with Gasteiger partial charge < -0.3 is 0 Å². The monoisotopic (exact) mass is 440 g/mol. The molecule has 0 atom stereocenters. The SMILES string of the molecule is Cc1cc(-c2ncn3c(C(F)(F)F)cc(-c4ccc(C(F)(F)F)c(F)c4)nc23)ccn1. The van der Waals surface area contributed by atoms with E-state index in [-0.39, 0.29) is 22.6 Å². The van der Waals surface area contributed by atoms with Gasteiger partial charge in [0, 0.05) is 23.0 Å². The number of pyridine rings is 1. The van der Waals surface area contributed by atoms with Gasteiger partial charge in [0.25, 0.3) is 0 Å². The first-order valence-corrected chi connectivity index (χ1v) is 8.70. The minimum atomic E-state index is -4.94. The molecule has 0 aliphatic rings. The lowest BCUT2D eigenvalue weighted by Crippen LogP contribution is -2.12. The van der Waals surface area contributed by atoms with Gasteiger partial charge in [0.2, 0.25) is 0 Å². The van der Waals surface area contributed by atoms with E-state index < -0.39 is 29.4 Å². The number of hydrogen-bond donors (Lipinski definition) is 0. The normalized spacial score (nSPS) is 12.5. The van der Waals surface area contributed by atoms with Crippen molar-refractivity contribution in [2.45, 2.75) is 19.3 Å². The summed E-state index contributed by atoms with van der Waals surface area (Å²) in [6.07, 6.45) is -7.36. The molecule has 0 aliphatic carbocycles. The molecule has 3 heterocycles. The number of fused-ring (bicyclic) bond motifs is 1. The van der Waals surface area contributed by atoms with E-state index in [1.807, 2.05) is 0 Å². The highest BCUT2D eigenvalue weighted by Crippen LogP contribution is 2.36. The predicted molar refractivity (Wildman–Crippen MR) is 96.4 cm³/mol. The van der Waals surface area contributed by atoms with Crippen LogP contribution in [0.5, 0.6) is 0 Å². The van der Waals surface area contributed by atoms with Crippen molar-refractivity contribution in [1.82, 2.24) is 19.4 Å². The Morgan fingerprint density at radius 3 is 2.19 bits per heavy atom. The van der Waals surface area contributed by atoms with Crippen LogP contribution in [-0.2, 0) is 12.4 Å². The van der Waals surface area contributed by atoms with Crippen LogP contribution < -0.4 is 0 Å². The van der Waals surface area contributed by atoms with Crippen molar-refractivity contribution in [3.8, 4) is 22.5 Å². The van der Waals surface area contributed by atoms with Gasteiger partial charge in [-0.05, 0) is 37.3 Å². The summed E-state index contributed by atoms with van der Waals surface area (Å²) < 4.78 is 94.3. The fraction of sp³-hybridized carbons (Fsp3) is 0.150. The Kier molecular flexibility index (Phi) is 4.71. The number of imidazole rings is 1.